The molecule has 0 radical (unpaired) electrons. The molecule has 1 saturated carbocycles. The minimum Gasteiger partial charge on any atom is -0.374 e. The van der Waals surface area contributed by atoms with Gasteiger partial charge in [0.05, 0.1) is 12.2 Å². The molecule has 2 aliphatic carbocycles. The molecule has 4 rings (SSSR count). The van der Waals surface area contributed by atoms with E-state index in [0.29, 0.717) is 12.2 Å². The third kappa shape index (κ3) is 0.665. The second kappa shape index (κ2) is 2.03. The van der Waals surface area contributed by atoms with Crippen LogP contribution in [0.4, 0.5) is 0 Å². The molecule has 2 heterocycles. The van der Waals surface area contributed by atoms with E-state index >= 15 is 0 Å². The maximum absolute atomic E-state index is 6.09. The van der Waals surface area contributed by atoms with Crippen LogP contribution in [0.15, 0.2) is 12.2 Å². The summed E-state index contributed by atoms with van der Waals surface area (Å²) in [6, 6.07) is 0. The van der Waals surface area contributed by atoms with E-state index in [-0.39, 0.29) is 0 Å². The molecule has 70 valence electrons. The summed E-state index contributed by atoms with van der Waals surface area (Å²) in [5.74, 6) is 4.42. The third-order valence-corrected chi connectivity index (χ3v) is 4.89. The summed E-state index contributed by atoms with van der Waals surface area (Å²) in [4.78, 5) is 0. The third-order valence-electron chi connectivity index (χ3n) is 4.89. The molecule has 7 unspecified atom stereocenters. The number of ether oxygens (including phenoxy) is 1. The molecule has 1 heteroatoms. The van der Waals surface area contributed by atoms with Gasteiger partial charge in [0, 0.05) is 0 Å². The smallest absolute Gasteiger partial charge is 0.0643 e. The van der Waals surface area contributed by atoms with Crippen LogP contribution in [0, 0.1) is 29.6 Å². The van der Waals surface area contributed by atoms with Crippen molar-refractivity contribution in [3.05, 3.63) is 12.2 Å². The summed E-state index contributed by atoms with van der Waals surface area (Å²) in [6.07, 6.45) is 8.95. The second-order valence-electron chi connectivity index (χ2n) is 5.46. The molecule has 2 saturated heterocycles. The average molecular weight is 176 g/mol. The van der Waals surface area contributed by atoms with Crippen LogP contribution in [-0.2, 0) is 4.74 Å². The van der Waals surface area contributed by atoms with Crippen molar-refractivity contribution in [2.45, 2.75) is 32.0 Å². The minimum absolute atomic E-state index is 0.620. The van der Waals surface area contributed by atoms with Crippen LogP contribution in [0.3, 0.4) is 0 Å². The monoisotopic (exact) mass is 176 g/mol. The Bertz CT molecular complexity index is 283. The topological polar surface area (TPSA) is 9.23 Å². The van der Waals surface area contributed by atoms with E-state index in [4.69, 9.17) is 4.74 Å². The highest BCUT2D eigenvalue weighted by molar-refractivity contribution is 5.20. The van der Waals surface area contributed by atoms with E-state index < -0.39 is 0 Å². The summed E-state index contributed by atoms with van der Waals surface area (Å²) in [5, 5.41) is 0. The summed E-state index contributed by atoms with van der Waals surface area (Å²) in [7, 11) is 0. The molecule has 0 aromatic heterocycles. The summed E-state index contributed by atoms with van der Waals surface area (Å²) < 4.78 is 6.09. The molecule has 4 aliphatic rings. The van der Waals surface area contributed by atoms with Crippen molar-refractivity contribution in [1.29, 1.82) is 0 Å². The number of allylic oxidation sites excluding steroid dienone is 2. The van der Waals surface area contributed by atoms with Crippen LogP contribution in [0.5, 0.6) is 0 Å². The van der Waals surface area contributed by atoms with Gasteiger partial charge in [0.1, 0.15) is 0 Å². The molecule has 2 aliphatic heterocycles. The molecule has 0 amide bonds. The van der Waals surface area contributed by atoms with Crippen LogP contribution in [0.1, 0.15) is 19.8 Å². The van der Waals surface area contributed by atoms with Gasteiger partial charge < -0.3 is 4.74 Å². The van der Waals surface area contributed by atoms with Crippen molar-refractivity contribution in [1.82, 2.24) is 0 Å². The summed E-state index contributed by atoms with van der Waals surface area (Å²) >= 11 is 0. The van der Waals surface area contributed by atoms with Gasteiger partial charge in [-0.3, -0.25) is 0 Å². The summed E-state index contributed by atoms with van der Waals surface area (Å²) in [5.41, 5.74) is 0. The first-order valence-electron chi connectivity index (χ1n) is 5.68. The van der Waals surface area contributed by atoms with Crippen LogP contribution in [0.2, 0.25) is 0 Å². The highest BCUT2D eigenvalue weighted by Gasteiger charge is 2.61. The largest absolute Gasteiger partial charge is 0.374 e. The number of fused-ring (bicyclic) bond motifs is 9. The van der Waals surface area contributed by atoms with Gasteiger partial charge >= 0.3 is 0 Å². The fourth-order valence-electron chi connectivity index (χ4n) is 4.49. The van der Waals surface area contributed by atoms with Crippen LogP contribution in [-0.4, -0.2) is 12.2 Å². The average Bonchev–Trinajstić information content (AvgIpc) is 2.78. The normalized spacial score (nSPS) is 66.4. The Morgan fingerprint density at radius 1 is 1.08 bits per heavy atom. The Kier molecular flexibility index (Phi) is 1.10. The Labute approximate surface area is 79.2 Å². The predicted molar refractivity (Wildman–Crippen MR) is 50.2 cm³/mol. The highest BCUT2D eigenvalue weighted by atomic mass is 16.5. The molecule has 1 nitrogen and oxygen atoms in total. The molecule has 0 aromatic rings. The number of rotatable bonds is 0. The number of hydrogen-bond donors (Lipinski definition) is 0. The van der Waals surface area contributed by atoms with E-state index in [1.807, 2.05) is 0 Å². The first kappa shape index (κ1) is 7.05. The minimum atomic E-state index is 0.620. The van der Waals surface area contributed by atoms with Gasteiger partial charge in [0.25, 0.3) is 0 Å². The fourth-order valence-corrected chi connectivity index (χ4v) is 4.49. The molecular weight excluding hydrogens is 160 g/mol. The lowest BCUT2D eigenvalue weighted by atomic mass is 9.70. The fraction of sp³-hybridized carbons (Fsp3) is 0.833. The standard InChI is InChI=1S/C12H16O/c1-6-4-9-10-7-2-3-8(5-7)11(10)12(6)13-9/h2-3,6-12H,4-5H2,1H3. The molecular formula is C12H16O. The van der Waals surface area contributed by atoms with Crippen molar-refractivity contribution in [2.75, 3.05) is 0 Å². The van der Waals surface area contributed by atoms with Gasteiger partial charge in [0.15, 0.2) is 0 Å². The van der Waals surface area contributed by atoms with Crippen molar-refractivity contribution >= 4 is 0 Å². The molecule has 4 bridgehead atoms. The lowest BCUT2D eigenvalue weighted by molar-refractivity contribution is 0.0651. The van der Waals surface area contributed by atoms with Gasteiger partial charge in [-0.05, 0) is 42.4 Å². The molecule has 0 spiro atoms. The van der Waals surface area contributed by atoms with E-state index in [2.05, 4.69) is 19.1 Å². The van der Waals surface area contributed by atoms with Gasteiger partial charge in [-0.25, -0.2) is 0 Å². The molecule has 0 N–H and O–H groups in total. The zero-order valence-corrected chi connectivity index (χ0v) is 8.02. The Morgan fingerprint density at radius 2 is 1.85 bits per heavy atom. The zero-order chi connectivity index (χ0) is 8.58. The van der Waals surface area contributed by atoms with Gasteiger partial charge in [-0.2, -0.15) is 0 Å². The van der Waals surface area contributed by atoms with Crippen molar-refractivity contribution in [3.63, 3.8) is 0 Å². The SMILES string of the molecule is CC1CC2OC1C1C3C=CC(C3)C21. The van der Waals surface area contributed by atoms with E-state index in [1.54, 1.807) is 0 Å². The Morgan fingerprint density at radius 3 is 2.69 bits per heavy atom. The van der Waals surface area contributed by atoms with E-state index in [9.17, 15) is 0 Å². The molecule has 7 atom stereocenters. The molecule has 0 aromatic carbocycles. The predicted octanol–water partition coefficient (Wildman–Crippen LogP) is 2.23. The van der Waals surface area contributed by atoms with Gasteiger partial charge in [0.2, 0.25) is 0 Å². The summed E-state index contributed by atoms with van der Waals surface area (Å²) in [6.45, 7) is 2.37. The molecule has 3 fully saturated rings. The zero-order valence-electron chi connectivity index (χ0n) is 8.02. The second-order valence-corrected chi connectivity index (χ2v) is 5.46. The lowest BCUT2D eigenvalue weighted by Crippen LogP contribution is -2.34. The Balaban J connectivity index is 1.79. The lowest BCUT2D eigenvalue weighted by Gasteiger charge is -2.31. The number of hydrogen-bond acceptors (Lipinski definition) is 1. The van der Waals surface area contributed by atoms with Gasteiger partial charge in [-0.15, -0.1) is 0 Å². The van der Waals surface area contributed by atoms with Crippen LogP contribution >= 0.6 is 0 Å². The molecule has 13 heavy (non-hydrogen) atoms. The van der Waals surface area contributed by atoms with Gasteiger partial charge in [-0.1, -0.05) is 19.1 Å². The van der Waals surface area contributed by atoms with Crippen LogP contribution < -0.4 is 0 Å². The first-order chi connectivity index (χ1) is 6.34. The van der Waals surface area contributed by atoms with E-state index in [0.717, 1.165) is 29.6 Å². The first-order valence-corrected chi connectivity index (χ1v) is 5.68. The van der Waals surface area contributed by atoms with Crippen molar-refractivity contribution in [3.8, 4) is 0 Å². The highest BCUT2D eigenvalue weighted by Crippen LogP contribution is 2.61. The maximum Gasteiger partial charge on any atom is 0.0643 e. The van der Waals surface area contributed by atoms with Crippen LogP contribution in [0.25, 0.3) is 0 Å². The van der Waals surface area contributed by atoms with Crippen molar-refractivity contribution in [2.24, 2.45) is 29.6 Å². The maximum atomic E-state index is 6.09. The quantitative estimate of drug-likeness (QED) is 0.514. The van der Waals surface area contributed by atoms with Crippen molar-refractivity contribution < 1.29 is 4.74 Å². The van der Waals surface area contributed by atoms with E-state index in [1.165, 1.54) is 12.8 Å². The Hall–Kier alpha value is -0.300.